The summed E-state index contributed by atoms with van der Waals surface area (Å²) in [6.07, 6.45) is 10.5. The smallest absolute Gasteiger partial charge is 0.119 e. The molecule has 0 spiro atoms. The van der Waals surface area contributed by atoms with Crippen LogP contribution in [0, 0.1) is 0 Å². The van der Waals surface area contributed by atoms with Crippen LogP contribution < -0.4 is 0 Å². The van der Waals surface area contributed by atoms with Crippen molar-refractivity contribution in [3.8, 4) is 5.75 Å². The second kappa shape index (κ2) is 11.3. The van der Waals surface area contributed by atoms with E-state index < -0.39 is 0 Å². The van der Waals surface area contributed by atoms with Crippen molar-refractivity contribution >= 4 is 5.71 Å². The van der Waals surface area contributed by atoms with Crippen LogP contribution in [0.1, 0.15) is 68.6 Å². The second-order valence-corrected chi connectivity index (χ2v) is 6.92. The first-order chi connectivity index (χ1) is 12.7. The Morgan fingerprint density at radius 2 is 1.58 bits per heavy atom. The van der Waals surface area contributed by atoms with Crippen LogP contribution in [0.2, 0.25) is 0 Å². The number of phenols is 1. The topological polar surface area (TPSA) is 52.8 Å². The third-order valence-electron chi connectivity index (χ3n) is 4.80. The van der Waals surface area contributed by atoms with E-state index in [2.05, 4.69) is 12.1 Å². The van der Waals surface area contributed by atoms with Gasteiger partial charge in [-0.2, -0.15) is 0 Å². The third-order valence-corrected chi connectivity index (χ3v) is 4.80. The van der Waals surface area contributed by atoms with Crippen molar-refractivity contribution in [2.45, 2.75) is 64.7 Å². The van der Waals surface area contributed by atoms with Gasteiger partial charge in [0.05, 0.1) is 5.71 Å². The molecule has 2 rings (SSSR count). The number of phenolic OH excluding ortho intramolecular Hbond substituents is 1. The van der Waals surface area contributed by atoms with Crippen molar-refractivity contribution in [2.75, 3.05) is 0 Å². The molecule has 0 aromatic heterocycles. The number of nitrogens with zero attached hydrogens (tertiary/aromatic N) is 1. The van der Waals surface area contributed by atoms with Crippen molar-refractivity contribution in [2.24, 2.45) is 5.16 Å². The maximum Gasteiger partial charge on any atom is 0.119 e. The van der Waals surface area contributed by atoms with E-state index in [1.54, 1.807) is 6.07 Å². The molecule has 0 aliphatic rings. The van der Waals surface area contributed by atoms with E-state index in [4.69, 9.17) is 0 Å². The first-order valence-electron chi connectivity index (χ1n) is 9.81. The number of benzene rings is 2. The molecule has 26 heavy (non-hydrogen) atoms. The number of oxime groups is 1. The van der Waals surface area contributed by atoms with Gasteiger partial charge in [-0.3, -0.25) is 0 Å². The highest BCUT2D eigenvalue weighted by Crippen LogP contribution is 2.22. The Morgan fingerprint density at radius 3 is 2.27 bits per heavy atom. The molecule has 0 atom stereocenters. The lowest BCUT2D eigenvalue weighted by Crippen LogP contribution is -2.06. The lowest BCUT2D eigenvalue weighted by Gasteiger charge is -2.10. The van der Waals surface area contributed by atoms with Gasteiger partial charge >= 0.3 is 0 Å². The number of rotatable bonds is 11. The van der Waals surface area contributed by atoms with E-state index in [1.165, 1.54) is 50.5 Å². The predicted molar refractivity (Wildman–Crippen MR) is 108 cm³/mol. The summed E-state index contributed by atoms with van der Waals surface area (Å²) in [6.45, 7) is 2.24. The Labute approximate surface area is 157 Å². The van der Waals surface area contributed by atoms with Crippen LogP contribution in [0.5, 0.6) is 5.75 Å². The zero-order valence-corrected chi connectivity index (χ0v) is 15.8. The van der Waals surface area contributed by atoms with Gasteiger partial charge in [0, 0.05) is 12.0 Å². The molecule has 2 aromatic rings. The molecule has 0 heterocycles. The second-order valence-electron chi connectivity index (χ2n) is 6.92. The van der Waals surface area contributed by atoms with Gasteiger partial charge in [-0.15, -0.1) is 0 Å². The summed E-state index contributed by atoms with van der Waals surface area (Å²) in [4.78, 5) is 0. The van der Waals surface area contributed by atoms with Crippen molar-refractivity contribution in [1.29, 1.82) is 0 Å². The third kappa shape index (κ3) is 6.55. The normalized spacial score (nSPS) is 11.7. The van der Waals surface area contributed by atoms with Crippen molar-refractivity contribution < 1.29 is 10.3 Å². The van der Waals surface area contributed by atoms with Crippen LogP contribution in [-0.2, 0) is 12.8 Å². The zero-order valence-electron chi connectivity index (χ0n) is 15.8. The molecule has 0 aliphatic heterocycles. The summed E-state index contributed by atoms with van der Waals surface area (Å²) in [5.74, 6) is 0.255. The average molecular weight is 354 g/mol. The molecule has 0 saturated heterocycles. The number of aromatic hydroxyl groups is 1. The molecule has 0 fully saturated rings. The van der Waals surface area contributed by atoms with E-state index >= 15 is 0 Å². The maximum absolute atomic E-state index is 10.2. The Morgan fingerprint density at radius 1 is 0.885 bits per heavy atom. The minimum atomic E-state index is 0.255. The highest BCUT2D eigenvalue weighted by atomic mass is 16.4. The van der Waals surface area contributed by atoms with Crippen molar-refractivity contribution in [1.82, 2.24) is 0 Å². The van der Waals surface area contributed by atoms with Gasteiger partial charge in [0.25, 0.3) is 0 Å². The van der Waals surface area contributed by atoms with E-state index in [0.717, 1.165) is 17.5 Å². The van der Waals surface area contributed by atoms with Gasteiger partial charge in [0.2, 0.25) is 0 Å². The van der Waals surface area contributed by atoms with E-state index in [9.17, 15) is 10.3 Å². The summed E-state index contributed by atoms with van der Waals surface area (Å²) in [6, 6.07) is 15.4. The van der Waals surface area contributed by atoms with Gasteiger partial charge in [0.1, 0.15) is 5.75 Å². The van der Waals surface area contributed by atoms with Gasteiger partial charge in [-0.1, -0.05) is 93.1 Å². The SMILES string of the molecule is CCCCCCCCCc1ccc(O)c(CC(=NO)c2ccccc2)c1. The first-order valence-corrected chi connectivity index (χ1v) is 9.81. The van der Waals surface area contributed by atoms with Gasteiger partial charge in [0.15, 0.2) is 0 Å². The number of aryl methyl sites for hydroxylation is 1. The molecule has 0 amide bonds. The van der Waals surface area contributed by atoms with E-state index in [1.807, 2.05) is 42.5 Å². The Balaban J connectivity index is 1.90. The molecule has 2 N–H and O–H groups in total. The highest BCUT2D eigenvalue weighted by Gasteiger charge is 2.10. The molecule has 3 heteroatoms. The molecule has 0 aliphatic carbocycles. The fourth-order valence-electron chi connectivity index (χ4n) is 3.23. The first kappa shape index (κ1) is 20.0. The molecule has 3 nitrogen and oxygen atoms in total. The minimum Gasteiger partial charge on any atom is -0.508 e. The lowest BCUT2D eigenvalue weighted by molar-refractivity contribution is 0.318. The fourth-order valence-corrected chi connectivity index (χ4v) is 3.23. The summed E-state index contributed by atoms with van der Waals surface area (Å²) < 4.78 is 0. The largest absolute Gasteiger partial charge is 0.508 e. The maximum atomic E-state index is 10.2. The van der Waals surface area contributed by atoms with Gasteiger partial charge < -0.3 is 10.3 Å². The van der Waals surface area contributed by atoms with Crippen LogP contribution >= 0.6 is 0 Å². The summed E-state index contributed by atoms with van der Waals surface area (Å²) in [5, 5.41) is 23.0. The van der Waals surface area contributed by atoms with Crippen LogP contribution in [-0.4, -0.2) is 16.0 Å². The summed E-state index contributed by atoms with van der Waals surface area (Å²) in [5.41, 5.74) is 3.47. The van der Waals surface area contributed by atoms with Crippen LogP contribution in [0.15, 0.2) is 53.7 Å². The lowest BCUT2D eigenvalue weighted by atomic mass is 9.97. The van der Waals surface area contributed by atoms with Crippen molar-refractivity contribution in [3.63, 3.8) is 0 Å². The van der Waals surface area contributed by atoms with Crippen LogP contribution in [0.25, 0.3) is 0 Å². The fraction of sp³-hybridized carbons (Fsp3) is 0.435. The summed E-state index contributed by atoms with van der Waals surface area (Å²) >= 11 is 0. The van der Waals surface area contributed by atoms with Crippen LogP contribution in [0.4, 0.5) is 0 Å². The molecule has 0 unspecified atom stereocenters. The summed E-state index contributed by atoms with van der Waals surface area (Å²) in [7, 11) is 0. The molecule has 0 bridgehead atoms. The Kier molecular flexibility index (Phi) is 8.74. The Hall–Kier alpha value is -2.29. The number of hydrogen-bond donors (Lipinski definition) is 2. The quantitative estimate of drug-likeness (QED) is 0.222. The van der Waals surface area contributed by atoms with Gasteiger partial charge in [-0.05, 0) is 30.0 Å². The zero-order chi connectivity index (χ0) is 18.6. The van der Waals surface area contributed by atoms with E-state index in [0.29, 0.717) is 12.1 Å². The standard InChI is InChI=1S/C23H31NO2/c1-2-3-4-5-6-7-9-12-19-15-16-23(25)21(17-19)18-22(24-26)20-13-10-8-11-14-20/h8,10-11,13-17,25-26H,2-7,9,12,18H2,1H3. The number of hydrogen-bond acceptors (Lipinski definition) is 3. The predicted octanol–water partition coefficient (Wildman–Crippen LogP) is 6.11. The average Bonchev–Trinajstić information content (AvgIpc) is 2.68. The molecule has 2 aromatic carbocycles. The van der Waals surface area contributed by atoms with E-state index in [-0.39, 0.29) is 5.75 Å². The number of unbranched alkanes of at least 4 members (excludes halogenated alkanes) is 6. The minimum absolute atomic E-state index is 0.255. The molecule has 0 saturated carbocycles. The monoisotopic (exact) mass is 353 g/mol. The van der Waals surface area contributed by atoms with Crippen molar-refractivity contribution in [3.05, 3.63) is 65.2 Å². The molecule has 140 valence electrons. The molecular weight excluding hydrogens is 322 g/mol. The Bertz CT molecular complexity index is 680. The van der Waals surface area contributed by atoms with Gasteiger partial charge in [-0.25, -0.2) is 0 Å². The highest BCUT2D eigenvalue weighted by molar-refractivity contribution is 6.01. The van der Waals surface area contributed by atoms with Crippen LogP contribution in [0.3, 0.4) is 0 Å². The molecular formula is C23H31NO2. The molecule has 0 radical (unpaired) electrons.